The Morgan fingerprint density at radius 1 is 1.15 bits per heavy atom. The molecule has 1 atom stereocenters. The van der Waals surface area contributed by atoms with Crippen molar-refractivity contribution in [2.45, 2.75) is 17.9 Å². The average Bonchev–Trinajstić information content (AvgIpc) is 2.59. The highest BCUT2D eigenvalue weighted by Gasteiger charge is 2.28. The normalized spacial score (nSPS) is 12.4. The topological polar surface area (TPSA) is 75.7 Å². The van der Waals surface area contributed by atoms with Crippen molar-refractivity contribution in [1.29, 1.82) is 0 Å². The maximum absolute atomic E-state index is 13.1. The quantitative estimate of drug-likeness (QED) is 0.696. The molecule has 2 aromatic carbocycles. The van der Waals surface area contributed by atoms with Gasteiger partial charge in [-0.25, -0.2) is 8.42 Å². The van der Waals surface area contributed by atoms with Crippen LogP contribution in [0, 0.1) is 0 Å². The molecule has 0 bridgehead atoms. The van der Waals surface area contributed by atoms with Gasteiger partial charge in [0.1, 0.15) is 6.54 Å². The summed E-state index contributed by atoms with van der Waals surface area (Å²) in [7, 11) is -2.49. The second-order valence-corrected chi connectivity index (χ2v) is 8.61. The number of carbonyl (C=O) groups is 1. The summed E-state index contributed by atoms with van der Waals surface area (Å²) in [6, 6.07) is 11.9. The zero-order valence-corrected chi connectivity index (χ0v) is 17.2. The van der Waals surface area contributed by atoms with E-state index in [1.165, 1.54) is 37.4 Å². The second-order valence-electron chi connectivity index (χ2n) is 5.88. The van der Waals surface area contributed by atoms with E-state index in [1.54, 1.807) is 25.1 Å². The lowest BCUT2D eigenvalue weighted by Crippen LogP contribution is -2.44. The van der Waals surface area contributed by atoms with Gasteiger partial charge in [-0.15, -0.1) is 0 Å². The molecule has 0 aliphatic rings. The molecule has 0 aromatic heterocycles. The van der Waals surface area contributed by atoms with E-state index in [0.29, 0.717) is 6.61 Å². The molecule has 0 aliphatic heterocycles. The van der Waals surface area contributed by atoms with Gasteiger partial charge in [0, 0.05) is 23.2 Å². The molecule has 2 aromatic rings. The smallest absolute Gasteiger partial charge is 0.264 e. The lowest BCUT2D eigenvalue weighted by Gasteiger charge is -2.25. The number of sulfonamides is 1. The van der Waals surface area contributed by atoms with Crippen molar-refractivity contribution in [3.8, 4) is 0 Å². The van der Waals surface area contributed by atoms with Crippen LogP contribution in [-0.2, 0) is 19.6 Å². The van der Waals surface area contributed by atoms with E-state index >= 15 is 0 Å². The summed E-state index contributed by atoms with van der Waals surface area (Å²) in [5, 5.41) is 3.22. The van der Waals surface area contributed by atoms with E-state index in [2.05, 4.69) is 5.32 Å². The summed E-state index contributed by atoms with van der Waals surface area (Å²) in [5.41, 5.74) is 0.200. The van der Waals surface area contributed by atoms with E-state index in [0.717, 1.165) is 4.31 Å². The number of nitrogens with zero attached hydrogens (tertiary/aromatic N) is 1. The molecule has 146 valence electrons. The van der Waals surface area contributed by atoms with Crippen molar-refractivity contribution in [2.24, 2.45) is 0 Å². The summed E-state index contributed by atoms with van der Waals surface area (Å²) >= 11 is 12.1. The highest BCUT2D eigenvalue weighted by molar-refractivity contribution is 7.92. The molecule has 0 radical (unpaired) electrons. The first-order valence-corrected chi connectivity index (χ1v) is 10.3. The van der Waals surface area contributed by atoms with Crippen LogP contribution in [0.3, 0.4) is 0 Å². The number of anilines is 1. The Morgan fingerprint density at radius 2 is 1.74 bits per heavy atom. The van der Waals surface area contributed by atoms with Crippen LogP contribution in [0.4, 0.5) is 5.69 Å². The SMILES string of the molecule is COC[C@@H](C)NC(=O)CN(c1cc(Cl)cc(Cl)c1)S(=O)(=O)c1ccccc1. The van der Waals surface area contributed by atoms with Gasteiger partial charge >= 0.3 is 0 Å². The van der Waals surface area contributed by atoms with Gasteiger partial charge in [0.05, 0.1) is 17.2 Å². The van der Waals surface area contributed by atoms with Crippen LogP contribution in [0.25, 0.3) is 0 Å². The fraction of sp³-hybridized carbons (Fsp3) is 0.278. The maximum atomic E-state index is 13.1. The number of hydrogen-bond donors (Lipinski definition) is 1. The largest absolute Gasteiger partial charge is 0.383 e. The molecular weight excluding hydrogens is 411 g/mol. The number of nitrogens with one attached hydrogen (secondary N) is 1. The zero-order chi connectivity index (χ0) is 20.0. The van der Waals surface area contributed by atoms with Crippen molar-refractivity contribution in [1.82, 2.24) is 5.32 Å². The molecule has 9 heteroatoms. The second kappa shape index (κ2) is 9.41. The molecule has 0 saturated carbocycles. The fourth-order valence-electron chi connectivity index (χ4n) is 2.46. The first-order chi connectivity index (χ1) is 12.7. The van der Waals surface area contributed by atoms with Crippen LogP contribution in [0.15, 0.2) is 53.4 Å². The minimum absolute atomic E-state index is 0.0545. The summed E-state index contributed by atoms with van der Waals surface area (Å²) in [6.45, 7) is 1.63. The minimum Gasteiger partial charge on any atom is -0.383 e. The van der Waals surface area contributed by atoms with E-state index in [-0.39, 0.29) is 26.7 Å². The van der Waals surface area contributed by atoms with Crippen molar-refractivity contribution < 1.29 is 17.9 Å². The van der Waals surface area contributed by atoms with Crippen LogP contribution < -0.4 is 9.62 Å². The number of hydrogen-bond acceptors (Lipinski definition) is 4. The first-order valence-electron chi connectivity index (χ1n) is 8.06. The fourth-order valence-corrected chi connectivity index (χ4v) is 4.40. The van der Waals surface area contributed by atoms with Gasteiger partial charge in [-0.05, 0) is 37.3 Å². The number of halogens is 2. The molecule has 6 nitrogen and oxygen atoms in total. The third-order valence-electron chi connectivity index (χ3n) is 3.58. The number of carbonyl (C=O) groups excluding carboxylic acids is 1. The van der Waals surface area contributed by atoms with Crippen molar-refractivity contribution in [2.75, 3.05) is 24.6 Å². The molecule has 1 amide bonds. The molecule has 0 fully saturated rings. The molecule has 0 heterocycles. The summed E-state index contributed by atoms with van der Waals surface area (Å²) in [4.78, 5) is 12.5. The van der Waals surface area contributed by atoms with Crippen LogP contribution >= 0.6 is 23.2 Å². The molecule has 1 N–H and O–H groups in total. The van der Waals surface area contributed by atoms with Crippen LogP contribution in [0.2, 0.25) is 10.0 Å². The monoisotopic (exact) mass is 430 g/mol. The van der Waals surface area contributed by atoms with E-state index < -0.39 is 22.5 Å². The number of ether oxygens (including phenoxy) is 1. The molecule has 0 saturated heterocycles. The Kier molecular flexibility index (Phi) is 7.49. The van der Waals surface area contributed by atoms with Gasteiger partial charge < -0.3 is 10.1 Å². The highest BCUT2D eigenvalue weighted by Crippen LogP contribution is 2.29. The van der Waals surface area contributed by atoms with Crippen LogP contribution in [0.1, 0.15) is 6.92 Å². The number of rotatable bonds is 8. The van der Waals surface area contributed by atoms with Gasteiger partial charge in [0.15, 0.2) is 0 Å². The zero-order valence-electron chi connectivity index (χ0n) is 14.9. The van der Waals surface area contributed by atoms with E-state index in [9.17, 15) is 13.2 Å². The summed E-state index contributed by atoms with van der Waals surface area (Å²) in [5.74, 6) is -0.477. The Labute approximate surface area is 169 Å². The third-order valence-corrected chi connectivity index (χ3v) is 5.80. The molecule has 0 unspecified atom stereocenters. The Balaban J connectivity index is 2.41. The Hall–Kier alpha value is -1.80. The van der Waals surface area contributed by atoms with Crippen LogP contribution in [-0.4, -0.2) is 40.6 Å². The summed E-state index contributed by atoms with van der Waals surface area (Å²) in [6.07, 6.45) is 0. The van der Waals surface area contributed by atoms with Crippen molar-refractivity contribution in [3.63, 3.8) is 0 Å². The number of amides is 1. The Bertz CT molecular complexity index is 871. The molecular formula is C18H20Cl2N2O4S. The standard InChI is InChI=1S/C18H20Cl2N2O4S/c1-13(12-26-2)21-18(23)11-22(16-9-14(19)8-15(20)10-16)27(24,25)17-6-4-3-5-7-17/h3-10,13H,11-12H2,1-2H3,(H,21,23)/t13-/m1/s1. The number of benzene rings is 2. The Morgan fingerprint density at radius 3 is 2.30 bits per heavy atom. The molecule has 0 spiro atoms. The predicted octanol–water partition coefficient (Wildman–Crippen LogP) is 3.34. The van der Waals surface area contributed by atoms with Gasteiger partial charge in [0.2, 0.25) is 5.91 Å². The lowest BCUT2D eigenvalue weighted by atomic mass is 10.3. The predicted molar refractivity (Wildman–Crippen MR) is 107 cm³/mol. The minimum atomic E-state index is -4.01. The number of methoxy groups -OCH3 is 1. The molecule has 0 aliphatic carbocycles. The average molecular weight is 431 g/mol. The van der Waals surface area contributed by atoms with E-state index in [1.807, 2.05) is 0 Å². The first kappa shape index (κ1) is 21.5. The van der Waals surface area contributed by atoms with Gasteiger partial charge in [-0.2, -0.15) is 0 Å². The molecule has 27 heavy (non-hydrogen) atoms. The highest BCUT2D eigenvalue weighted by atomic mass is 35.5. The van der Waals surface area contributed by atoms with Gasteiger partial charge in [0.25, 0.3) is 10.0 Å². The third kappa shape index (κ3) is 5.84. The van der Waals surface area contributed by atoms with E-state index in [4.69, 9.17) is 27.9 Å². The lowest BCUT2D eigenvalue weighted by molar-refractivity contribution is -0.120. The summed E-state index contributed by atoms with van der Waals surface area (Å²) < 4.78 is 32.2. The van der Waals surface area contributed by atoms with Gasteiger partial charge in [-0.3, -0.25) is 9.10 Å². The molecule has 2 rings (SSSR count). The van der Waals surface area contributed by atoms with Crippen LogP contribution in [0.5, 0.6) is 0 Å². The van der Waals surface area contributed by atoms with Crippen molar-refractivity contribution >= 4 is 44.8 Å². The van der Waals surface area contributed by atoms with Gasteiger partial charge in [-0.1, -0.05) is 41.4 Å². The van der Waals surface area contributed by atoms with Crippen molar-refractivity contribution in [3.05, 3.63) is 58.6 Å². The maximum Gasteiger partial charge on any atom is 0.264 e.